The summed E-state index contributed by atoms with van der Waals surface area (Å²) in [6.45, 7) is 0.858. The molecule has 0 bridgehead atoms. The van der Waals surface area contributed by atoms with Crippen molar-refractivity contribution in [2.75, 3.05) is 6.54 Å². The normalized spacial score (nSPS) is 23.6. The fourth-order valence-electron chi connectivity index (χ4n) is 1.91. The highest BCUT2D eigenvalue weighted by molar-refractivity contribution is 5.82. The van der Waals surface area contributed by atoms with Crippen LogP contribution in [0.25, 0.3) is 0 Å². The number of hydrogen-bond donors (Lipinski definition) is 3. The van der Waals surface area contributed by atoms with Gasteiger partial charge in [-0.2, -0.15) is 0 Å². The van der Waals surface area contributed by atoms with Crippen molar-refractivity contribution in [2.24, 2.45) is 5.73 Å². The van der Waals surface area contributed by atoms with Gasteiger partial charge in [-0.25, -0.2) is 4.39 Å². The average Bonchev–Trinajstić information content (AvgIpc) is 2.74. The fourth-order valence-corrected chi connectivity index (χ4v) is 1.91. The Morgan fingerprint density at radius 1 is 1.53 bits per heavy atom. The van der Waals surface area contributed by atoms with E-state index in [1.165, 1.54) is 6.07 Å². The van der Waals surface area contributed by atoms with Gasteiger partial charge in [0.05, 0.1) is 6.04 Å². The van der Waals surface area contributed by atoms with Crippen LogP contribution in [0.4, 0.5) is 4.39 Å². The Bertz CT molecular complexity index is 410. The maximum absolute atomic E-state index is 13.3. The lowest BCUT2D eigenvalue weighted by Gasteiger charge is -2.11. The van der Waals surface area contributed by atoms with E-state index in [4.69, 9.17) is 5.73 Å². The van der Waals surface area contributed by atoms with Gasteiger partial charge in [0.1, 0.15) is 5.82 Å². The summed E-state index contributed by atoms with van der Waals surface area (Å²) in [5.41, 5.74) is 6.18. The van der Waals surface area contributed by atoms with Crippen LogP contribution in [0.2, 0.25) is 0 Å². The summed E-state index contributed by atoms with van der Waals surface area (Å²) in [5, 5.41) is 5.73. The number of carbonyl (C=O) groups is 1. The lowest BCUT2D eigenvalue weighted by Crippen LogP contribution is -2.40. The van der Waals surface area contributed by atoms with Crippen LogP contribution in [0.5, 0.6) is 0 Å². The first kappa shape index (κ1) is 12.0. The maximum atomic E-state index is 13.3. The van der Waals surface area contributed by atoms with E-state index in [0.29, 0.717) is 18.5 Å². The summed E-state index contributed by atoms with van der Waals surface area (Å²) in [7, 11) is 0. The molecule has 5 heteroatoms. The van der Waals surface area contributed by atoms with Crippen LogP contribution in [-0.4, -0.2) is 24.5 Å². The number of benzene rings is 1. The predicted octanol–water partition coefficient (Wildman–Crippen LogP) is 0.131. The Kier molecular flexibility index (Phi) is 3.71. The van der Waals surface area contributed by atoms with E-state index in [9.17, 15) is 9.18 Å². The number of carbonyl (C=O) groups excluding carboxylic acids is 1. The van der Waals surface area contributed by atoms with E-state index in [-0.39, 0.29) is 30.4 Å². The molecule has 92 valence electrons. The van der Waals surface area contributed by atoms with Gasteiger partial charge >= 0.3 is 0 Å². The Labute approximate surface area is 99.4 Å². The molecule has 0 radical (unpaired) electrons. The quantitative estimate of drug-likeness (QED) is 0.700. The number of nitrogens with one attached hydrogen (secondary N) is 2. The Morgan fingerprint density at radius 2 is 2.29 bits per heavy atom. The van der Waals surface area contributed by atoms with Gasteiger partial charge in [-0.15, -0.1) is 0 Å². The summed E-state index contributed by atoms with van der Waals surface area (Å²) >= 11 is 0. The zero-order valence-electron chi connectivity index (χ0n) is 9.45. The van der Waals surface area contributed by atoms with E-state index in [1.807, 2.05) is 0 Å². The summed E-state index contributed by atoms with van der Waals surface area (Å²) in [4.78, 5) is 11.7. The lowest BCUT2D eigenvalue weighted by molar-refractivity contribution is -0.122. The molecule has 17 heavy (non-hydrogen) atoms. The standard InChI is InChI=1S/C12H16FN3O/c13-10-4-2-1-3-8(10)6-16-12(17)11-5-9(14)7-15-11/h1-4,9,11,15H,5-7,14H2,(H,16,17)/t9-,11-/m0/s1. The van der Waals surface area contributed by atoms with Gasteiger partial charge in [0, 0.05) is 24.7 Å². The van der Waals surface area contributed by atoms with Crippen molar-refractivity contribution in [1.29, 1.82) is 0 Å². The van der Waals surface area contributed by atoms with Crippen LogP contribution in [-0.2, 0) is 11.3 Å². The van der Waals surface area contributed by atoms with E-state index < -0.39 is 0 Å². The number of nitrogens with two attached hydrogens (primary N) is 1. The smallest absolute Gasteiger partial charge is 0.237 e. The zero-order valence-corrected chi connectivity index (χ0v) is 9.45. The minimum atomic E-state index is -0.302. The van der Waals surface area contributed by atoms with Gasteiger partial charge in [-0.1, -0.05) is 18.2 Å². The molecule has 0 aliphatic carbocycles. The zero-order chi connectivity index (χ0) is 12.3. The van der Waals surface area contributed by atoms with Crippen LogP contribution in [0, 0.1) is 5.82 Å². The highest BCUT2D eigenvalue weighted by Crippen LogP contribution is 2.07. The van der Waals surface area contributed by atoms with Crippen molar-refractivity contribution < 1.29 is 9.18 Å². The van der Waals surface area contributed by atoms with E-state index >= 15 is 0 Å². The molecule has 1 fully saturated rings. The third-order valence-electron chi connectivity index (χ3n) is 2.89. The second-order valence-corrected chi connectivity index (χ2v) is 4.27. The van der Waals surface area contributed by atoms with Crippen LogP contribution < -0.4 is 16.4 Å². The van der Waals surface area contributed by atoms with Crippen LogP contribution >= 0.6 is 0 Å². The first-order valence-corrected chi connectivity index (χ1v) is 5.67. The topological polar surface area (TPSA) is 67.1 Å². The van der Waals surface area contributed by atoms with Gasteiger partial charge in [0.25, 0.3) is 0 Å². The second-order valence-electron chi connectivity index (χ2n) is 4.27. The predicted molar refractivity (Wildman–Crippen MR) is 62.6 cm³/mol. The monoisotopic (exact) mass is 237 g/mol. The third-order valence-corrected chi connectivity index (χ3v) is 2.89. The molecule has 0 spiro atoms. The molecular formula is C12H16FN3O. The molecule has 1 heterocycles. The van der Waals surface area contributed by atoms with Gasteiger partial charge in [0.15, 0.2) is 0 Å². The van der Waals surface area contributed by atoms with Crippen molar-refractivity contribution in [3.8, 4) is 0 Å². The first-order valence-electron chi connectivity index (χ1n) is 5.67. The van der Waals surface area contributed by atoms with Gasteiger partial charge in [0.2, 0.25) is 5.91 Å². The average molecular weight is 237 g/mol. The summed E-state index contributed by atoms with van der Waals surface area (Å²) < 4.78 is 13.3. The van der Waals surface area contributed by atoms with Crippen molar-refractivity contribution >= 4 is 5.91 Å². The van der Waals surface area contributed by atoms with E-state index in [0.717, 1.165) is 0 Å². The Hall–Kier alpha value is -1.46. The van der Waals surface area contributed by atoms with Crippen LogP contribution in [0.1, 0.15) is 12.0 Å². The molecule has 0 aromatic heterocycles. The minimum absolute atomic E-state index is 0.0270. The minimum Gasteiger partial charge on any atom is -0.351 e. The molecule has 4 N–H and O–H groups in total. The van der Waals surface area contributed by atoms with Crippen molar-refractivity contribution in [3.63, 3.8) is 0 Å². The van der Waals surface area contributed by atoms with E-state index in [1.54, 1.807) is 18.2 Å². The molecule has 0 saturated carbocycles. The number of hydrogen-bond acceptors (Lipinski definition) is 3. The largest absolute Gasteiger partial charge is 0.351 e. The molecule has 1 saturated heterocycles. The van der Waals surface area contributed by atoms with Crippen molar-refractivity contribution in [3.05, 3.63) is 35.6 Å². The SMILES string of the molecule is N[C@@H]1CN[C@H](C(=O)NCc2ccccc2F)C1. The van der Waals surface area contributed by atoms with Gasteiger partial charge in [-0.3, -0.25) is 4.79 Å². The molecule has 1 amide bonds. The molecule has 2 rings (SSSR count). The fraction of sp³-hybridized carbons (Fsp3) is 0.417. The Morgan fingerprint density at radius 3 is 2.94 bits per heavy atom. The highest BCUT2D eigenvalue weighted by Gasteiger charge is 2.26. The van der Waals surface area contributed by atoms with E-state index in [2.05, 4.69) is 10.6 Å². The molecule has 4 nitrogen and oxygen atoms in total. The summed E-state index contributed by atoms with van der Waals surface area (Å²) in [6.07, 6.45) is 0.628. The molecule has 0 unspecified atom stereocenters. The number of amides is 1. The van der Waals surface area contributed by atoms with Crippen LogP contribution in [0.3, 0.4) is 0 Å². The Balaban J connectivity index is 1.86. The van der Waals surface area contributed by atoms with Crippen molar-refractivity contribution in [1.82, 2.24) is 10.6 Å². The summed E-state index contributed by atoms with van der Waals surface area (Å²) in [6, 6.07) is 6.18. The molecule has 1 aliphatic rings. The van der Waals surface area contributed by atoms with Gasteiger partial charge in [-0.05, 0) is 12.5 Å². The number of halogens is 1. The van der Waals surface area contributed by atoms with Gasteiger partial charge < -0.3 is 16.4 Å². The molecule has 1 aromatic rings. The van der Waals surface area contributed by atoms with Crippen LogP contribution in [0.15, 0.2) is 24.3 Å². The first-order chi connectivity index (χ1) is 8.16. The molecular weight excluding hydrogens is 221 g/mol. The molecule has 2 atom stereocenters. The van der Waals surface area contributed by atoms with Crippen molar-refractivity contribution in [2.45, 2.75) is 25.0 Å². The number of rotatable bonds is 3. The third kappa shape index (κ3) is 3.01. The second kappa shape index (κ2) is 5.25. The molecule has 1 aromatic carbocycles. The lowest BCUT2D eigenvalue weighted by atomic mass is 10.1. The molecule has 1 aliphatic heterocycles. The summed E-state index contributed by atoms with van der Waals surface area (Å²) in [5.74, 6) is -0.426. The maximum Gasteiger partial charge on any atom is 0.237 e. The highest BCUT2D eigenvalue weighted by atomic mass is 19.1.